The third kappa shape index (κ3) is 4.03. The quantitative estimate of drug-likeness (QED) is 0.683. The van der Waals surface area contributed by atoms with Gasteiger partial charge in [-0.2, -0.15) is 0 Å². The molecule has 0 unspecified atom stereocenters. The molecular weight excluding hydrogens is 354 g/mol. The van der Waals surface area contributed by atoms with Gasteiger partial charge in [-0.3, -0.25) is 0 Å². The zero-order valence-electron chi connectivity index (χ0n) is 16.2. The van der Waals surface area contributed by atoms with E-state index in [1.807, 2.05) is 42.5 Å². The molecule has 1 aromatic heterocycles. The standard InChI is InChI=1S/C22H25N3O3/c1-26-18-9-7-16(8-10-18)20-14-25-13-19(28-15-22(25)24-20)12-23-11-17-5-3-4-6-21(17)27-2/h3-10,14,19,23H,11-13,15H2,1-2H3/t19-/m0/s1. The first kappa shape index (κ1) is 18.5. The van der Waals surface area contributed by atoms with Gasteiger partial charge in [0, 0.05) is 30.4 Å². The first-order valence-electron chi connectivity index (χ1n) is 9.41. The molecule has 2 aromatic carbocycles. The third-order valence-electron chi connectivity index (χ3n) is 4.97. The molecule has 6 heteroatoms. The summed E-state index contributed by atoms with van der Waals surface area (Å²) in [6.07, 6.45) is 2.22. The van der Waals surface area contributed by atoms with Gasteiger partial charge in [0.05, 0.1) is 32.6 Å². The minimum Gasteiger partial charge on any atom is -0.497 e. The van der Waals surface area contributed by atoms with Crippen LogP contribution in [0.4, 0.5) is 0 Å². The highest BCUT2D eigenvalue weighted by molar-refractivity contribution is 5.59. The minimum atomic E-state index is 0.111. The van der Waals surface area contributed by atoms with Gasteiger partial charge in [0.25, 0.3) is 0 Å². The van der Waals surface area contributed by atoms with E-state index in [4.69, 9.17) is 19.2 Å². The van der Waals surface area contributed by atoms with Crippen molar-refractivity contribution >= 4 is 0 Å². The summed E-state index contributed by atoms with van der Waals surface area (Å²) in [5.74, 6) is 2.71. The normalized spacial score (nSPS) is 15.9. The zero-order valence-corrected chi connectivity index (χ0v) is 16.2. The zero-order chi connectivity index (χ0) is 19.3. The third-order valence-corrected chi connectivity index (χ3v) is 4.97. The lowest BCUT2D eigenvalue weighted by atomic mass is 10.1. The molecule has 28 heavy (non-hydrogen) atoms. The number of nitrogens with one attached hydrogen (secondary N) is 1. The Morgan fingerprint density at radius 1 is 1.11 bits per heavy atom. The Morgan fingerprint density at radius 3 is 2.71 bits per heavy atom. The van der Waals surface area contributed by atoms with Gasteiger partial charge < -0.3 is 24.1 Å². The van der Waals surface area contributed by atoms with Gasteiger partial charge in [-0.1, -0.05) is 18.2 Å². The maximum absolute atomic E-state index is 5.99. The summed E-state index contributed by atoms with van der Waals surface area (Å²) in [5, 5.41) is 3.48. The van der Waals surface area contributed by atoms with Crippen LogP contribution in [0.25, 0.3) is 11.3 Å². The number of imidazole rings is 1. The Bertz CT molecular complexity index is 921. The summed E-state index contributed by atoms with van der Waals surface area (Å²) in [4.78, 5) is 4.72. The molecule has 146 valence electrons. The highest BCUT2D eigenvalue weighted by Crippen LogP contribution is 2.24. The van der Waals surface area contributed by atoms with E-state index in [-0.39, 0.29) is 6.10 Å². The number of benzene rings is 2. The average molecular weight is 379 g/mol. The van der Waals surface area contributed by atoms with Gasteiger partial charge in [-0.15, -0.1) is 0 Å². The van der Waals surface area contributed by atoms with Gasteiger partial charge in [0.1, 0.15) is 23.9 Å². The van der Waals surface area contributed by atoms with Crippen LogP contribution in [0.3, 0.4) is 0 Å². The van der Waals surface area contributed by atoms with Crippen LogP contribution in [0.1, 0.15) is 11.4 Å². The molecular formula is C22H25N3O3. The average Bonchev–Trinajstić information content (AvgIpc) is 3.17. The van der Waals surface area contributed by atoms with Crippen LogP contribution in [-0.4, -0.2) is 36.4 Å². The van der Waals surface area contributed by atoms with Crippen molar-refractivity contribution in [1.82, 2.24) is 14.9 Å². The highest BCUT2D eigenvalue weighted by atomic mass is 16.5. The van der Waals surface area contributed by atoms with Crippen LogP contribution in [-0.2, 0) is 24.4 Å². The first-order chi connectivity index (χ1) is 13.8. The summed E-state index contributed by atoms with van der Waals surface area (Å²) in [6, 6.07) is 16.0. The number of aromatic nitrogens is 2. The van der Waals surface area contributed by atoms with Crippen molar-refractivity contribution in [2.45, 2.75) is 25.8 Å². The summed E-state index contributed by atoms with van der Waals surface area (Å²) >= 11 is 0. The number of nitrogens with zero attached hydrogens (tertiary/aromatic N) is 2. The van der Waals surface area contributed by atoms with Gasteiger partial charge >= 0.3 is 0 Å². The van der Waals surface area contributed by atoms with E-state index in [0.717, 1.165) is 53.8 Å². The monoisotopic (exact) mass is 379 g/mol. The van der Waals surface area contributed by atoms with Crippen molar-refractivity contribution in [3.8, 4) is 22.8 Å². The van der Waals surface area contributed by atoms with E-state index in [2.05, 4.69) is 22.1 Å². The molecule has 0 spiro atoms. The Labute approximate surface area is 165 Å². The lowest BCUT2D eigenvalue weighted by molar-refractivity contribution is 0.00276. The fraction of sp³-hybridized carbons (Fsp3) is 0.318. The molecule has 0 radical (unpaired) electrons. The van der Waals surface area contributed by atoms with E-state index in [9.17, 15) is 0 Å². The van der Waals surface area contributed by atoms with E-state index in [0.29, 0.717) is 6.61 Å². The maximum Gasteiger partial charge on any atom is 0.135 e. The lowest BCUT2D eigenvalue weighted by Crippen LogP contribution is -2.36. The van der Waals surface area contributed by atoms with Crippen LogP contribution >= 0.6 is 0 Å². The molecule has 1 N–H and O–H groups in total. The van der Waals surface area contributed by atoms with Crippen LogP contribution in [0.2, 0.25) is 0 Å². The van der Waals surface area contributed by atoms with Gasteiger partial charge in [0.15, 0.2) is 0 Å². The van der Waals surface area contributed by atoms with Crippen LogP contribution in [0.15, 0.2) is 54.7 Å². The number of rotatable bonds is 7. The molecule has 0 bridgehead atoms. The van der Waals surface area contributed by atoms with Crippen LogP contribution in [0.5, 0.6) is 11.5 Å². The van der Waals surface area contributed by atoms with E-state index in [1.54, 1.807) is 14.2 Å². The molecule has 0 amide bonds. The molecule has 1 atom stereocenters. The predicted octanol–water partition coefficient (Wildman–Crippen LogP) is 3.26. The largest absolute Gasteiger partial charge is 0.497 e. The highest BCUT2D eigenvalue weighted by Gasteiger charge is 2.21. The fourth-order valence-electron chi connectivity index (χ4n) is 3.43. The van der Waals surface area contributed by atoms with Crippen molar-refractivity contribution in [3.63, 3.8) is 0 Å². The molecule has 6 nitrogen and oxygen atoms in total. The van der Waals surface area contributed by atoms with Gasteiger partial charge in [-0.25, -0.2) is 4.98 Å². The molecule has 1 aliphatic rings. The summed E-state index contributed by atoms with van der Waals surface area (Å²) < 4.78 is 18.8. The Hall–Kier alpha value is -2.83. The van der Waals surface area contributed by atoms with Gasteiger partial charge in [-0.05, 0) is 30.3 Å². The summed E-state index contributed by atoms with van der Waals surface area (Å²) in [7, 11) is 3.37. The van der Waals surface area contributed by atoms with Gasteiger partial charge in [0.2, 0.25) is 0 Å². The molecule has 4 rings (SSSR count). The smallest absolute Gasteiger partial charge is 0.135 e. The summed E-state index contributed by atoms with van der Waals surface area (Å²) in [5.41, 5.74) is 3.18. The summed E-state index contributed by atoms with van der Waals surface area (Å²) in [6.45, 7) is 2.83. The number of fused-ring (bicyclic) bond motifs is 1. The lowest BCUT2D eigenvalue weighted by Gasteiger charge is -2.24. The molecule has 1 aliphatic heterocycles. The molecule has 3 aromatic rings. The predicted molar refractivity (Wildman–Crippen MR) is 107 cm³/mol. The number of para-hydroxylation sites is 1. The number of methoxy groups -OCH3 is 2. The van der Waals surface area contributed by atoms with E-state index < -0.39 is 0 Å². The van der Waals surface area contributed by atoms with Crippen molar-refractivity contribution < 1.29 is 14.2 Å². The Kier molecular flexibility index (Phi) is 5.60. The Balaban J connectivity index is 1.36. The number of hydrogen-bond donors (Lipinski definition) is 1. The van der Waals surface area contributed by atoms with E-state index in [1.165, 1.54) is 0 Å². The first-order valence-corrected chi connectivity index (χ1v) is 9.41. The fourth-order valence-corrected chi connectivity index (χ4v) is 3.43. The van der Waals surface area contributed by atoms with E-state index >= 15 is 0 Å². The second kappa shape index (κ2) is 8.46. The topological polar surface area (TPSA) is 57.5 Å². The van der Waals surface area contributed by atoms with Crippen LogP contribution < -0.4 is 14.8 Å². The second-order valence-corrected chi connectivity index (χ2v) is 6.80. The molecule has 0 aliphatic carbocycles. The van der Waals surface area contributed by atoms with Crippen LogP contribution in [0, 0.1) is 0 Å². The number of ether oxygens (including phenoxy) is 3. The van der Waals surface area contributed by atoms with Crippen molar-refractivity contribution in [2.24, 2.45) is 0 Å². The maximum atomic E-state index is 5.99. The number of hydrogen-bond acceptors (Lipinski definition) is 5. The second-order valence-electron chi connectivity index (χ2n) is 6.80. The minimum absolute atomic E-state index is 0.111. The van der Waals surface area contributed by atoms with Crippen molar-refractivity contribution in [1.29, 1.82) is 0 Å². The SMILES string of the molecule is COc1ccc(-c2cn3c(n2)CO[C@@H](CNCc2ccccc2OC)C3)cc1. The van der Waals surface area contributed by atoms with Crippen molar-refractivity contribution in [2.75, 3.05) is 20.8 Å². The Morgan fingerprint density at radius 2 is 1.93 bits per heavy atom. The molecule has 0 saturated carbocycles. The molecule has 0 saturated heterocycles. The molecule has 2 heterocycles. The molecule has 0 fully saturated rings. The van der Waals surface area contributed by atoms with Crippen molar-refractivity contribution in [3.05, 3.63) is 66.1 Å².